The predicted octanol–water partition coefficient (Wildman–Crippen LogP) is 2.04. The van der Waals surface area contributed by atoms with E-state index >= 15 is 0 Å². The summed E-state index contributed by atoms with van der Waals surface area (Å²) in [6.45, 7) is 3.05. The molecule has 1 rings (SSSR count). The third-order valence-corrected chi connectivity index (χ3v) is 1.98. The van der Waals surface area contributed by atoms with Crippen molar-refractivity contribution in [2.24, 2.45) is 0 Å². The number of hydrogen-bond donors (Lipinski definition) is 1. The zero-order valence-corrected chi connectivity index (χ0v) is 8.40. The first-order valence-corrected chi connectivity index (χ1v) is 4.57. The van der Waals surface area contributed by atoms with Gasteiger partial charge in [-0.05, 0) is 25.5 Å². The quantitative estimate of drug-likeness (QED) is 0.740. The average molecular weight is 190 g/mol. The molecule has 1 atom stereocenters. The summed E-state index contributed by atoms with van der Waals surface area (Å²) in [6, 6.07) is 9.49. The smallest absolute Gasteiger partial charge is 0.158 e. The van der Waals surface area contributed by atoms with Crippen molar-refractivity contribution >= 4 is 11.9 Å². The molecule has 2 nitrogen and oxygen atoms in total. The Labute approximate surface area is 83.9 Å². The SMILES string of the molecule is CC(=O)/C(=C/c1ccccc1)[C@@H](C)O. The number of benzene rings is 1. The Kier molecular flexibility index (Phi) is 3.60. The van der Waals surface area contributed by atoms with Crippen LogP contribution in [-0.4, -0.2) is 17.0 Å². The molecule has 0 aliphatic rings. The third-order valence-electron chi connectivity index (χ3n) is 1.98. The van der Waals surface area contributed by atoms with Crippen molar-refractivity contribution in [2.45, 2.75) is 20.0 Å². The molecule has 14 heavy (non-hydrogen) atoms. The molecule has 0 amide bonds. The van der Waals surface area contributed by atoms with E-state index in [0.717, 1.165) is 5.56 Å². The summed E-state index contributed by atoms with van der Waals surface area (Å²) in [7, 11) is 0. The van der Waals surface area contributed by atoms with Gasteiger partial charge in [-0.2, -0.15) is 0 Å². The highest BCUT2D eigenvalue weighted by Gasteiger charge is 2.09. The number of rotatable bonds is 3. The van der Waals surface area contributed by atoms with Gasteiger partial charge in [0.05, 0.1) is 6.10 Å². The van der Waals surface area contributed by atoms with E-state index in [1.807, 2.05) is 30.3 Å². The summed E-state index contributed by atoms with van der Waals surface area (Å²) in [6.07, 6.45) is 1.00. The van der Waals surface area contributed by atoms with Crippen LogP contribution in [-0.2, 0) is 4.79 Å². The Bertz CT molecular complexity index is 337. The maximum absolute atomic E-state index is 11.2. The second-order valence-corrected chi connectivity index (χ2v) is 3.24. The van der Waals surface area contributed by atoms with Gasteiger partial charge in [-0.3, -0.25) is 4.79 Å². The fourth-order valence-electron chi connectivity index (χ4n) is 1.25. The van der Waals surface area contributed by atoms with Crippen molar-refractivity contribution in [2.75, 3.05) is 0 Å². The van der Waals surface area contributed by atoms with Crippen molar-refractivity contribution < 1.29 is 9.90 Å². The van der Waals surface area contributed by atoms with E-state index in [9.17, 15) is 9.90 Å². The molecule has 0 bridgehead atoms. The predicted molar refractivity (Wildman–Crippen MR) is 56.8 cm³/mol. The van der Waals surface area contributed by atoms with Gasteiger partial charge in [-0.1, -0.05) is 30.3 Å². The number of aliphatic hydroxyl groups is 1. The summed E-state index contributed by atoms with van der Waals surface area (Å²) in [5.74, 6) is -0.0937. The molecule has 0 heterocycles. The van der Waals surface area contributed by atoms with Crippen LogP contribution in [0.4, 0.5) is 0 Å². The Morgan fingerprint density at radius 1 is 1.36 bits per heavy atom. The van der Waals surface area contributed by atoms with Gasteiger partial charge in [-0.25, -0.2) is 0 Å². The van der Waals surface area contributed by atoms with Crippen LogP contribution in [0.2, 0.25) is 0 Å². The molecule has 0 unspecified atom stereocenters. The van der Waals surface area contributed by atoms with Crippen LogP contribution in [0.5, 0.6) is 0 Å². The van der Waals surface area contributed by atoms with Crippen molar-refractivity contribution in [3.05, 3.63) is 41.5 Å². The average Bonchev–Trinajstić information content (AvgIpc) is 2.15. The molecule has 0 aliphatic carbocycles. The van der Waals surface area contributed by atoms with Crippen LogP contribution < -0.4 is 0 Å². The maximum atomic E-state index is 11.2. The monoisotopic (exact) mass is 190 g/mol. The van der Waals surface area contributed by atoms with Gasteiger partial charge in [0.25, 0.3) is 0 Å². The summed E-state index contributed by atoms with van der Waals surface area (Å²) in [5.41, 5.74) is 1.37. The molecule has 2 heteroatoms. The largest absolute Gasteiger partial charge is 0.389 e. The minimum absolute atomic E-state index is 0.0937. The van der Waals surface area contributed by atoms with E-state index in [2.05, 4.69) is 0 Å². The molecule has 1 aromatic rings. The molecule has 0 aromatic heterocycles. The number of carbonyl (C=O) groups excluding carboxylic acids is 1. The van der Waals surface area contributed by atoms with Crippen LogP contribution in [0.1, 0.15) is 19.4 Å². The Morgan fingerprint density at radius 2 is 1.93 bits per heavy atom. The second kappa shape index (κ2) is 4.72. The lowest BCUT2D eigenvalue weighted by molar-refractivity contribution is -0.114. The van der Waals surface area contributed by atoms with Gasteiger partial charge in [0.15, 0.2) is 5.78 Å². The Morgan fingerprint density at radius 3 is 2.36 bits per heavy atom. The van der Waals surface area contributed by atoms with Crippen LogP contribution in [0.3, 0.4) is 0 Å². The van der Waals surface area contributed by atoms with E-state index in [1.54, 1.807) is 13.0 Å². The molecule has 74 valence electrons. The highest BCUT2D eigenvalue weighted by Crippen LogP contribution is 2.10. The van der Waals surface area contributed by atoms with E-state index < -0.39 is 6.10 Å². The molecular weight excluding hydrogens is 176 g/mol. The number of carbonyl (C=O) groups is 1. The lowest BCUT2D eigenvalue weighted by atomic mass is 10.0. The zero-order chi connectivity index (χ0) is 10.6. The normalized spacial score (nSPS) is 13.8. The van der Waals surface area contributed by atoms with Crippen molar-refractivity contribution in [1.82, 2.24) is 0 Å². The number of hydrogen-bond acceptors (Lipinski definition) is 2. The molecule has 0 radical (unpaired) electrons. The van der Waals surface area contributed by atoms with Gasteiger partial charge in [0.1, 0.15) is 0 Å². The van der Waals surface area contributed by atoms with Gasteiger partial charge in [0.2, 0.25) is 0 Å². The molecule has 1 aromatic carbocycles. The topological polar surface area (TPSA) is 37.3 Å². The van der Waals surface area contributed by atoms with Crippen molar-refractivity contribution in [3.63, 3.8) is 0 Å². The Hall–Kier alpha value is -1.41. The van der Waals surface area contributed by atoms with E-state index in [1.165, 1.54) is 6.92 Å². The first kappa shape index (κ1) is 10.7. The fourth-order valence-corrected chi connectivity index (χ4v) is 1.25. The molecule has 0 saturated carbocycles. The van der Waals surface area contributed by atoms with Gasteiger partial charge in [-0.15, -0.1) is 0 Å². The molecule has 0 saturated heterocycles. The van der Waals surface area contributed by atoms with Crippen LogP contribution in [0.15, 0.2) is 35.9 Å². The summed E-state index contributed by atoms with van der Waals surface area (Å²) >= 11 is 0. The van der Waals surface area contributed by atoms with Crippen molar-refractivity contribution in [3.8, 4) is 0 Å². The zero-order valence-electron chi connectivity index (χ0n) is 8.40. The van der Waals surface area contributed by atoms with E-state index in [4.69, 9.17) is 0 Å². The Balaban J connectivity index is 3.00. The minimum atomic E-state index is -0.715. The number of ketones is 1. The third kappa shape index (κ3) is 2.82. The maximum Gasteiger partial charge on any atom is 0.158 e. The van der Waals surface area contributed by atoms with Gasteiger partial charge < -0.3 is 5.11 Å². The highest BCUT2D eigenvalue weighted by molar-refractivity contribution is 5.98. The number of aliphatic hydroxyl groups excluding tert-OH is 1. The number of Topliss-reactive ketones (excluding diaryl/α,β-unsaturated/α-hetero) is 1. The van der Waals surface area contributed by atoms with Crippen molar-refractivity contribution in [1.29, 1.82) is 0 Å². The summed E-state index contributed by atoms with van der Waals surface area (Å²) < 4.78 is 0. The van der Waals surface area contributed by atoms with E-state index in [-0.39, 0.29) is 5.78 Å². The second-order valence-electron chi connectivity index (χ2n) is 3.24. The fraction of sp³-hybridized carbons (Fsp3) is 0.250. The minimum Gasteiger partial charge on any atom is -0.389 e. The van der Waals surface area contributed by atoms with Gasteiger partial charge >= 0.3 is 0 Å². The molecule has 1 N–H and O–H groups in total. The lowest BCUT2D eigenvalue weighted by Crippen LogP contribution is -2.11. The highest BCUT2D eigenvalue weighted by atomic mass is 16.3. The lowest BCUT2D eigenvalue weighted by Gasteiger charge is -2.06. The standard InChI is InChI=1S/C12H14O2/c1-9(13)12(10(2)14)8-11-6-4-3-5-7-11/h3-9,13H,1-2H3/b12-8+/t9-/m1/s1. The summed E-state index contributed by atoms with van der Waals surface area (Å²) in [5, 5.41) is 9.35. The molecule has 0 spiro atoms. The first-order chi connectivity index (χ1) is 6.61. The van der Waals surface area contributed by atoms with Crippen LogP contribution >= 0.6 is 0 Å². The molecular formula is C12H14O2. The van der Waals surface area contributed by atoms with Crippen LogP contribution in [0.25, 0.3) is 6.08 Å². The molecule has 0 fully saturated rings. The van der Waals surface area contributed by atoms with Gasteiger partial charge in [0, 0.05) is 5.57 Å². The van der Waals surface area contributed by atoms with Crippen LogP contribution in [0, 0.1) is 0 Å². The van der Waals surface area contributed by atoms with E-state index in [0.29, 0.717) is 5.57 Å². The first-order valence-electron chi connectivity index (χ1n) is 4.57. The summed E-state index contributed by atoms with van der Waals surface area (Å²) in [4.78, 5) is 11.2. The molecule has 0 aliphatic heterocycles.